The van der Waals surface area contributed by atoms with E-state index in [2.05, 4.69) is 25.7 Å². The van der Waals surface area contributed by atoms with Crippen LogP contribution in [0.25, 0.3) is 10.8 Å². The predicted molar refractivity (Wildman–Crippen MR) is 180 cm³/mol. The first-order valence-corrected chi connectivity index (χ1v) is 18.4. The van der Waals surface area contributed by atoms with Crippen molar-refractivity contribution in [3.63, 3.8) is 0 Å². The Bertz CT molecular complexity index is 1750. The number of alkyl carbamates (subject to hydrolysis) is 1. The van der Waals surface area contributed by atoms with Gasteiger partial charge in [0.25, 0.3) is 5.91 Å². The number of amides is 4. The maximum atomic E-state index is 14.3. The standard InChI is InChI=1S/C34H44N6O8S/c1-33(2,3)48-32(44)37-26-19-35-15-8-4-5-10-22-18-34(22,31(43)39-49(45,46)24-12-13-24)38-28(41)27-17-23(20-40(27)30(26)42)47-29-25-11-7-6-9-21(25)14-16-36-29/h5-7,9-11,14,16,22-24,26-27,35H,4,8,12-13,15,17-20H2,1-3H3,(H,37,44)(H,38,41)(H,39,43)/t22-,23-,26+,27+,34-/m1/s1. The third-order valence-corrected chi connectivity index (χ3v) is 11.0. The van der Waals surface area contributed by atoms with E-state index in [1.54, 1.807) is 27.0 Å². The topological polar surface area (TPSA) is 185 Å². The normalized spacial score (nSPS) is 27.9. The quantitative estimate of drug-likeness (QED) is 0.325. The first-order chi connectivity index (χ1) is 23.3. The average molecular weight is 697 g/mol. The fourth-order valence-corrected chi connectivity index (χ4v) is 7.75. The number of aromatic nitrogens is 1. The number of pyridine rings is 1. The number of fused-ring (bicyclic) bond motifs is 3. The third kappa shape index (κ3) is 7.99. The second-order valence-corrected chi connectivity index (χ2v) is 16.2. The lowest BCUT2D eigenvalue weighted by atomic mass is 10.1. The molecule has 14 nitrogen and oxygen atoms in total. The molecule has 3 fully saturated rings. The SMILES string of the molecule is CC(C)(C)OC(=O)N[C@H]1CNCCCC=C[C@@H]2C[C@@]2(C(=O)NS(=O)(=O)C2CC2)NC(=O)[C@@H]2C[C@@H](Oc3nccc4ccccc34)CN2C1=O. The number of carbonyl (C=O) groups is 4. The summed E-state index contributed by atoms with van der Waals surface area (Å²) in [4.78, 5) is 60.7. The molecule has 2 aliphatic carbocycles. The minimum atomic E-state index is -3.88. The van der Waals surface area contributed by atoms with Gasteiger partial charge >= 0.3 is 6.09 Å². The zero-order valence-electron chi connectivity index (χ0n) is 27.9. The average Bonchev–Trinajstić information content (AvgIpc) is 3.96. The Labute approximate surface area is 285 Å². The predicted octanol–water partition coefficient (Wildman–Crippen LogP) is 1.90. The molecule has 0 radical (unpaired) electrons. The minimum absolute atomic E-state index is 0.00704. The summed E-state index contributed by atoms with van der Waals surface area (Å²) < 4.78 is 39.5. The van der Waals surface area contributed by atoms with Crippen LogP contribution in [0.5, 0.6) is 5.88 Å². The molecule has 3 heterocycles. The highest BCUT2D eigenvalue weighted by molar-refractivity contribution is 7.91. The molecule has 2 saturated carbocycles. The number of hydrogen-bond donors (Lipinski definition) is 4. The van der Waals surface area contributed by atoms with Crippen LogP contribution in [0, 0.1) is 5.92 Å². The van der Waals surface area contributed by atoms with Crippen molar-refractivity contribution < 1.29 is 37.1 Å². The molecular weight excluding hydrogens is 652 g/mol. The van der Waals surface area contributed by atoms with E-state index in [0.717, 1.165) is 10.8 Å². The number of rotatable bonds is 6. The maximum Gasteiger partial charge on any atom is 0.408 e. The molecule has 5 atom stereocenters. The summed E-state index contributed by atoms with van der Waals surface area (Å²) in [6.45, 7) is 5.75. The van der Waals surface area contributed by atoms with Crippen LogP contribution in [-0.2, 0) is 29.1 Å². The molecule has 6 rings (SSSR count). The van der Waals surface area contributed by atoms with E-state index < -0.39 is 74.3 Å². The molecular formula is C34H44N6O8S. The van der Waals surface area contributed by atoms with Crippen LogP contribution >= 0.6 is 0 Å². The van der Waals surface area contributed by atoms with Crippen LogP contribution in [0.2, 0.25) is 0 Å². The first-order valence-electron chi connectivity index (χ1n) is 16.8. The highest BCUT2D eigenvalue weighted by atomic mass is 32.2. The summed E-state index contributed by atoms with van der Waals surface area (Å²) in [5.74, 6) is -2.04. The van der Waals surface area contributed by atoms with E-state index in [9.17, 15) is 27.6 Å². The van der Waals surface area contributed by atoms with E-state index in [1.165, 1.54) is 4.90 Å². The van der Waals surface area contributed by atoms with Crippen molar-refractivity contribution in [1.29, 1.82) is 0 Å². The maximum absolute atomic E-state index is 14.3. The number of sulfonamides is 1. The van der Waals surface area contributed by atoms with Gasteiger partial charge in [-0.15, -0.1) is 0 Å². The second-order valence-electron chi connectivity index (χ2n) is 14.2. The zero-order chi connectivity index (χ0) is 35.0. The molecule has 1 saturated heterocycles. The molecule has 2 aromatic rings. The lowest BCUT2D eigenvalue weighted by Crippen LogP contribution is -2.59. The highest BCUT2D eigenvalue weighted by Crippen LogP contribution is 2.46. The number of allylic oxidation sites excluding steroid dienone is 1. The Hall–Kier alpha value is -4.24. The Morgan fingerprint density at radius 1 is 1.12 bits per heavy atom. The van der Waals surface area contributed by atoms with Gasteiger partial charge in [0.1, 0.15) is 29.3 Å². The Balaban J connectivity index is 1.30. The molecule has 15 heteroatoms. The number of hydrogen-bond acceptors (Lipinski definition) is 10. The van der Waals surface area contributed by atoms with Crippen LogP contribution in [-0.4, -0.2) is 96.3 Å². The number of nitrogens with zero attached hydrogens (tertiary/aromatic N) is 2. The summed E-state index contributed by atoms with van der Waals surface area (Å²) >= 11 is 0. The molecule has 0 unspecified atom stereocenters. The first kappa shape index (κ1) is 34.6. The van der Waals surface area contributed by atoms with Gasteiger partial charge in [0, 0.05) is 30.5 Å². The molecule has 2 aliphatic heterocycles. The van der Waals surface area contributed by atoms with Crippen LogP contribution in [0.1, 0.15) is 59.3 Å². The highest BCUT2D eigenvalue weighted by Gasteiger charge is 2.62. The van der Waals surface area contributed by atoms with Crippen molar-refractivity contribution in [1.82, 2.24) is 30.6 Å². The number of benzene rings is 1. The monoisotopic (exact) mass is 696 g/mol. The molecule has 4 N–H and O–H groups in total. The van der Waals surface area contributed by atoms with E-state index in [0.29, 0.717) is 38.1 Å². The smallest absolute Gasteiger partial charge is 0.408 e. The van der Waals surface area contributed by atoms with Crippen LogP contribution in [0.4, 0.5) is 4.79 Å². The van der Waals surface area contributed by atoms with Crippen LogP contribution < -0.4 is 25.4 Å². The van der Waals surface area contributed by atoms with Gasteiger partial charge in [-0.2, -0.15) is 0 Å². The molecule has 0 spiro atoms. The van der Waals surface area contributed by atoms with Gasteiger partial charge in [-0.3, -0.25) is 19.1 Å². The van der Waals surface area contributed by atoms with Gasteiger partial charge in [0.15, 0.2) is 0 Å². The third-order valence-electron chi connectivity index (χ3n) is 9.16. The van der Waals surface area contributed by atoms with Crippen molar-refractivity contribution in [2.75, 3.05) is 19.6 Å². The fraction of sp³-hybridized carbons (Fsp3) is 0.559. The van der Waals surface area contributed by atoms with Crippen LogP contribution in [0.15, 0.2) is 48.7 Å². The lowest BCUT2D eigenvalue weighted by Gasteiger charge is -2.30. The summed E-state index contributed by atoms with van der Waals surface area (Å²) in [6, 6.07) is 7.22. The molecule has 1 aromatic carbocycles. The Kier molecular flexibility index (Phi) is 9.59. The van der Waals surface area contributed by atoms with Gasteiger partial charge < -0.3 is 30.3 Å². The molecule has 1 aromatic heterocycles. The number of nitrogens with one attached hydrogen (secondary N) is 4. The Morgan fingerprint density at radius 2 is 1.90 bits per heavy atom. The van der Waals surface area contributed by atoms with E-state index >= 15 is 0 Å². The van der Waals surface area contributed by atoms with Gasteiger partial charge in [-0.25, -0.2) is 18.2 Å². The number of carbonyl (C=O) groups excluding carboxylic acids is 4. The summed E-state index contributed by atoms with van der Waals surface area (Å²) in [5.41, 5.74) is -2.30. The van der Waals surface area contributed by atoms with Crippen molar-refractivity contribution in [2.24, 2.45) is 5.92 Å². The summed E-state index contributed by atoms with van der Waals surface area (Å²) in [5, 5.41) is 9.81. The fourth-order valence-electron chi connectivity index (χ4n) is 6.39. The van der Waals surface area contributed by atoms with Gasteiger partial charge in [-0.1, -0.05) is 30.4 Å². The minimum Gasteiger partial charge on any atom is -0.472 e. The summed E-state index contributed by atoms with van der Waals surface area (Å²) in [7, 11) is -3.88. The van der Waals surface area contributed by atoms with E-state index in [1.807, 2.05) is 42.5 Å². The van der Waals surface area contributed by atoms with Crippen molar-refractivity contribution in [3.05, 3.63) is 48.7 Å². The van der Waals surface area contributed by atoms with Crippen molar-refractivity contribution >= 4 is 44.6 Å². The second kappa shape index (κ2) is 13.6. The Morgan fingerprint density at radius 3 is 2.65 bits per heavy atom. The molecule has 4 aliphatic rings. The van der Waals surface area contributed by atoms with Gasteiger partial charge in [0.05, 0.1) is 11.8 Å². The van der Waals surface area contributed by atoms with Gasteiger partial charge in [0.2, 0.25) is 27.7 Å². The lowest BCUT2D eigenvalue weighted by molar-refractivity contribution is -0.141. The van der Waals surface area contributed by atoms with Crippen molar-refractivity contribution in [3.8, 4) is 5.88 Å². The molecule has 264 valence electrons. The van der Waals surface area contributed by atoms with E-state index in [-0.39, 0.29) is 25.9 Å². The molecule has 4 amide bonds. The zero-order valence-corrected chi connectivity index (χ0v) is 28.8. The van der Waals surface area contributed by atoms with Gasteiger partial charge in [-0.05, 0) is 76.9 Å². The van der Waals surface area contributed by atoms with E-state index in [4.69, 9.17) is 9.47 Å². The van der Waals surface area contributed by atoms with Crippen LogP contribution in [0.3, 0.4) is 0 Å². The molecule has 49 heavy (non-hydrogen) atoms. The number of ether oxygens (including phenoxy) is 2. The molecule has 0 bridgehead atoms. The largest absolute Gasteiger partial charge is 0.472 e. The summed E-state index contributed by atoms with van der Waals surface area (Å²) in [6.07, 6.45) is 6.48. The van der Waals surface area contributed by atoms with Crippen molar-refractivity contribution in [2.45, 2.75) is 93.9 Å².